The van der Waals surface area contributed by atoms with Crippen molar-refractivity contribution in [1.29, 1.82) is 0 Å². The van der Waals surface area contributed by atoms with Gasteiger partial charge < -0.3 is 14.2 Å². The van der Waals surface area contributed by atoms with Crippen LogP contribution in [0.15, 0.2) is 30.6 Å². The monoisotopic (exact) mass is 534 g/mol. The predicted molar refractivity (Wildman–Crippen MR) is 134 cm³/mol. The van der Waals surface area contributed by atoms with E-state index in [9.17, 15) is 12.8 Å². The molecule has 0 bridgehead atoms. The zero-order chi connectivity index (χ0) is 27.0. The van der Waals surface area contributed by atoms with Crippen LogP contribution >= 0.6 is 0 Å². The molecule has 37 heavy (non-hydrogen) atoms. The minimum Gasteiger partial charge on any atom is -0.494 e. The number of hydrogen-bond donors (Lipinski definition) is 1. The van der Waals surface area contributed by atoms with Crippen LogP contribution in [0.5, 0.6) is 11.5 Å². The fourth-order valence-electron chi connectivity index (χ4n) is 4.26. The van der Waals surface area contributed by atoms with Crippen molar-refractivity contribution in [2.45, 2.75) is 63.4 Å². The van der Waals surface area contributed by atoms with Crippen LogP contribution in [0.4, 0.5) is 10.3 Å². The van der Waals surface area contributed by atoms with E-state index >= 15 is 0 Å². The van der Waals surface area contributed by atoms with Crippen molar-refractivity contribution >= 4 is 16.0 Å². The third-order valence-electron chi connectivity index (χ3n) is 6.55. The van der Waals surface area contributed by atoms with Crippen molar-refractivity contribution in [1.82, 2.24) is 24.7 Å². The molecular weight excluding hydrogens is 503 g/mol. The number of para-hydroxylation sites is 1. The molecule has 0 saturated carbocycles. The first-order chi connectivity index (χ1) is 17.5. The van der Waals surface area contributed by atoms with Gasteiger partial charge in [-0.05, 0) is 45.7 Å². The number of halogens is 1. The van der Waals surface area contributed by atoms with Gasteiger partial charge in [-0.3, -0.25) is 9.29 Å². The summed E-state index contributed by atoms with van der Waals surface area (Å²) in [4.78, 5) is 7.88. The number of hydrogen-bond acceptors (Lipinski definition) is 9. The van der Waals surface area contributed by atoms with E-state index in [-0.39, 0.29) is 17.4 Å². The highest BCUT2D eigenvalue weighted by atomic mass is 32.2. The van der Waals surface area contributed by atoms with Crippen LogP contribution in [-0.2, 0) is 14.8 Å². The predicted octanol–water partition coefficient (Wildman–Crippen LogP) is 3.78. The number of rotatable bonds is 9. The van der Waals surface area contributed by atoms with Crippen LogP contribution in [0.2, 0.25) is 0 Å². The van der Waals surface area contributed by atoms with Crippen molar-refractivity contribution in [3.63, 3.8) is 0 Å². The first-order valence-electron chi connectivity index (χ1n) is 11.8. The number of methoxy groups -OCH3 is 2. The van der Waals surface area contributed by atoms with Gasteiger partial charge >= 0.3 is 0 Å². The van der Waals surface area contributed by atoms with Gasteiger partial charge in [-0.2, -0.15) is 0 Å². The fourth-order valence-corrected chi connectivity index (χ4v) is 5.49. The van der Waals surface area contributed by atoms with Crippen molar-refractivity contribution in [2.24, 2.45) is 0 Å². The molecule has 2 unspecified atom stereocenters. The van der Waals surface area contributed by atoms with E-state index in [0.717, 1.165) is 18.8 Å². The summed E-state index contributed by atoms with van der Waals surface area (Å²) in [7, 11) is -1.03. The molecule has 3 atom stereocenters. The third-order valence-corrected chi connectivity index (χ3v) is 8.40. The Bertz CT molecular complexity index is 1340. The summed E-state index contributed by atoms with van der Waals surface area (Å²) in [6.07, 6.45) is 3.04. The molecule has 1 N–H and O–H groups in total. The molecule has 1 aliphatic rings. The number of nitrogens with one attached hydrogen (secondary N) is 1. The lowest BCUT2D eigenvalue weighted by Gasteiger charge is -2.23. The second kappa shape index (κ2) is 10.2. The zero-order valence-corrected chi connectivity index (χ0v) is 22.4. The second-order valence-corrected chi connectivity index (χ2v) is 11.6. The van der Waals surface area contributed by atoms with Crippen molar-refractivity contribution in [3.8, 4) is 17.2 Å². The van der Waals surface area contributed by atoms with Crippen molar-refractivity contribution in [2.75, 3.05) is 18.9 Å². The topological polar surface area (TPSA) is 130 Å². The van der Waals surface area contributed by atoms with Crippen LogP contribution < -0.4 is 14.2 Å². The first kappa shape index (κ1) is 26.7. The summed E-state index contributed by atoms with van der Waals surface area (Å²) in [5, 5.41) is 7.54. The number of nitrogens with zero attached hydrogens (tertiary/aromatic N) is 5. The normalized spacial score (nSPS) is 18.8. The van der Waals surface area contributed by atoms with Gasteiger partial charge in [0.2, 0.25) is 16.0 Å². The molecule has 2 aromatic heterocycles. The highest BCUT2D eigenvalue weighted by Gasteiger charge is 2.38. The van der Waals surface area contributed by atoms with Crippen LogP contribution in [0.1, 0.15) is 64.2 Å². The summed E-state index contributed by atoms with van der Waals surface area (Å²) in [5.41, 5.74) is 0.0616. The third kappa shape index (κ3) is 5.37. The quantitative estimate of drug-likeness (QED) is 0.436. The summed E-state index contributed by atoms with van der Waals surface area (Å²) in [5.74, 6) is 0.175. The Kier molecular flexibility index (Phi) is 7.38. The molecule has 4 rings (SSSR count). The van der Waals surface area contributed by atoms with E-state index in [1.54, 1.807) is 29.7 Å². The summed E-state index contributed by atoms with van der Waals surface area (Å²) in [6, 6.07) is 5.22. The molecule has 0 aliphatic carbocycles. The molecular formula is C24H31FN6O5S. The van der Waals surface area contributed by atoms with E-state index in [1.807, 2.05) is 13.8 Å². The molecule has 13 heteroatoms. The zero-order valence-electron chi connectivity index (χ0n) is 21.6. The Labute approximate surface area is 215 Å². The molecule has 1 aromatic carbocycles. The lowest BCUT2D eigenvalue weighted by Crippen LogP contribution is -2.31. The maximum atomic E-state index is 13.5. The van der Waals surface area contributed by atoms with Gasteiger partial charge in [0.1, 0.15) is 29.1 Å². The maximum Gasteiger partial charge on any atom is 0.243 e. The lowest BCUT2D eigenvalue weighted by atomic mass is 10.1. The molecule has 0 radical (unpaired) electrons. The van der Waals surface area contributed by atoms with Crippen molar-refractivity contribution < 1.29 is 27.0 Å². The number of aromatic nitrogens is 5. The van der Waals surface area contributed by atoms with Crippen LogP contribution in [-0.4, -0.2) is 58.2 Å². The lowest BCUT2D eigenvalue weighted by molar-refractivity contribution is -0.0207. The van der Waals surface area contributed by atoms with E-state index in [4.69, 9.17) is 14.2 Å². The van der Waals surface area contributed by atoms with Gasteiger partial charge in [-0.1, -0.05) is 13.0 Å². The number of ether oxygens (including phenoxy) is 3. The number of anilines is 1. The number of sulfonamides is 1. The summed E-state index contributed by atoms with van der Waals surface area (Å²) >= 11 is 0. The molecule has 3 heterocycles. The molecule has 0 amide bonds. The van der Waals surface area contributed by atoms with Gasteiger partial charge in [0.25, 0.3) is 0 Å². The van der Waals surface area contributed by atoms with Crippen molar-refractivity contribution in [3.05, 3.63) is 48.1 Å². The smallest absolute Gasteiger partial charge is 0.243 e. The average Bonchev–Trinajstić information content (AvgIpc) is 3.44. The van der Waals surface area contributed by atoms with E-state index in [2.05, 4.69) is 24.9 Å². The molecule has 1 aliphatic heterocycles. The van der Waals surface area contributed by atoms with Gasteiger partial charge in [-0.15, -0.1) is 10.2 Å². The second-order valence-electron chi connectivity index (χ2n) is 9.53. The van der Waals surface area contributed by atoms with Crippen LogP contribution in [0, 0.1) is 5.82 Å². The van der Waals surface area contributed by atoms with Gasteiger partial charge in [0.15, 0.2) is 11.6 Å². The summed E-state index contributed by atoms with van der Waals surface area (Å²) < 4.78 is 61.8. The van der Waals surface area contributed by atoms with Crippen LogP contribution in [0.3, 0.4) is 0 Å². The molecule has 0 spiro atoms. The highest BCUT2D eigenvalue weighted by Crippen LogP contribution is 2.42. The maximum absolute atomic E-state index is 13.5. The molecule has 11 nitrogen and oxygen atoms in total. The highest BCUT2D eigenvalue weighted by molar-refractivity contribution is 7.93. The minimum atomic E-state index is -4.04. The summed E-state index contributed by atoms with van der Waals surface area (Å²) in [6.45, 7) is 7.15. The van der Waals surface area contributed by atoms with Gasteiger partial charge in [0, 0.05) is 5.92 Å². The Morgan fingerprint density at radius 2 is 1.76 bits per heavy atom. The molecule has 1 fully saturated rings. The standard InChI is InChI=1S/C24H31FN6O5S/c1-14(21-26-12-16(25)13-27-21)15(2)37(32,33)30-23-29-28-22(19-10-11-24(3,4)36-19)31(23)20-17(34-5)8-7-9-18(20)35-6/h7-9,12-15,19H,10-11H2,1-6H3,(H,29,30)/t14?,15?,19-/m0/s1. The average molecular weight is 535 g/mol. The van der Waals surface area contributed by atoms with Gasteiger partial charge in [-0.25, -0.2) is 22.8 Å². The molecule has 200 valence electrons. The molecule has 1 saturated heterocycles. The first-order valence-corrected chi connectivity index (χ1v) is 13.4. The Balaban J connectivity index is 1.78. The Morgan fingerprint density at radius 3 is 2.30 bits per heavy atom. The van der Waals surface area contributed by atoms with Crippen LogP contribution in [0.25, 0.3) is 5.69 Å². The van der Waals surface area contributed by atoms with E-state index in [1.165, 1.54) is 21.1 Å². The number of benzene rings is 1. The van der Waals surface area contributed by atoms with E-state index < -0.39 is 33.1 Å². The van der Waals surface area contributed by atoms with Gasteiger partial charge in [0.05, 0.1) is 37.5 Å². The van der Waals surface area contributed by atoms with E-state index in [0.29, 0.717) is 29.4 Å². The Morgan fingerprint density at radius 1 is 1.14 bits per heavy atom. The Hall–Kier alpha value is -3.32. The largest absolute Gasteiger partial charge is 0.494 e. The fraction of sp³-hybridized carbons (Fsp3) is 0.500. The SMILES string of the molecule is COc1cccc(OC)c1-n1c(NS(=O)(=O)C(C)C(C)c2ncc(F)cn2)nnc1[C@@H]1CCC(C)(C)O1. The minimum absolute atomic E-state index is 0.0508. The molecule has 3 aromatic rings.